The summed E-state index contributed by atoms with van der Waals surface area (Å²) < 4.78 is 0. The first-order chi connectivity index (χ1) is 13.3. The zero-order chi connectivity index (χ0) is 20.8. The number of carbonyl (C=O) groups excluding carboxylic acids is 1. The first kappa shape index (κ1) is 21.3. The Balaban J connectivity index is 2.69. The van der Waals surface area contributed by atoms with Crippen LogP contribution in [0.25, 0.3) is 22.5 Å². The summed E-state index contributed by atoms with van der Waals surface area (Å²) in [6.45, 7) is 4.70. The second kappa shape index (κ2) is 9.24. The predicted octanol–water partition coefficient (Wildman–Crippen LogP) is 4.92. The number of carboxylic acid groups (broad SMARTS) is 1. The molecule has 0 spiro atoms. The Morgan fingerprint density at radius 2 is 1.75 bits per heavy atom. The van der Waals surface area contributed by atoms with Gasteiger partial charge < -0.3 is 15.5 Å². The van der Waals surface area contributed by atoms with Gasteiger partial charge in [-0.1, -0.05) is 48.0 Å². The van der Waals surface area contributed by atoms with Crippen molar-refractivity contribution in [3.05, 3.63) is 70.3 Å². The smallest absolute Gasteiger partial charge is 0.322 e. The third-order valence-electron chi connectivity index (χ3n) is 4.37. The van der Waals surface area contributed by atoms with E-state index in [1.54, 1.807) is 6.07 Å². The number of aliphatic hydroxyl groups excluding tert-OH is 1. The summed E-state index contributed by atoms with van der Waals surface area (Å²) in [7, 11) is 0. The molecule has 0 radical (unpaired) electrons. The van der Waals surface area contributed by atoms with Crippen LogP contribution in [0.15, 0.2) is 54.1 Å². The topological polar surface area (TPSA) is 86.6 Å². The van der Waals surface area contributed by atoms with E-state index in [2.05, 4.69) is 5.32 Å². The lowest BCUT2D eigenvalue weighted by Crippen LogP contribution is -2.30. The average molecular weight is 400 g/mol. The van der Waals surface area contributed by atoms with Crippen LogP contribution in [0.5, 0.6) is 0 Å². The lowest BCUT2D eigenvalue weighted by Gasteiger charge is -2.18. The van der Waals surface area contributed by atoms with Crippen molar-refractivity contribution < 1.29 is 19.8 Å². The molecule has 28 heavy (non-hydrogen) atoms. The maximum atomic E-state index is 12.2. The highest BCUT2D eigenvalue weighted by atomic mass is 35.5. The molecule has 0 aliphatic carbocycles. The molecule has 0 heterocycles. The fraction of sp³-hybridized carbons (Fsp3) is 0.182. The molecule has 0 aliphatic heterocycles. The Bertz CT molecular complexity index is 962. The van der Waals surface area contributed by atoms with Gasteiger partial charge in [-0.2, -0.15) is 0 Å². The summed E-state index contributed by atoms with van der Waals surface area (Å²) in [5.41, 5.74) is 3.81. The Hall–Kier alpha value is -3.05. The predicted molar refractivity (Wildman–Crippen MR) is 112 cm³/mol. The van der Waals surface area contributed by atoms with Gasteiger partial charge in [-0.05, 0) is 55.2 Å². The summed E-state index contributed by atoms with van der Waals surface area (Å²) >= 11 is 6.32. The first-order valence-corrected chi connectivity index (χ1v) is 9.06. The van der Waals surface area contributed by atoms with Crippen molar-refractivity contribution in [2.75, 3.05) is 6.54 Å². The van der Waals surface area contributed by atoms with Crippen LogP contribution in [0.4, 0.5) is 0 Å². The Labute approximate surface area is 169 Å². The van der Waals surface area contributed by atoms with Crippen molar-refractivity contribution in [2.24, 2.45) is 0 Å². The molecule has 6 heteroatoms. The maximum Gasteiger partial charge on any atom is 0.322 e. The third kappa shape index (κ3) is 4.81. The van der Waals surface area contributed by atoms with Crippen LogP contribution in [0.2, 0.25) is 5.02 Å². The van der Waals surface area contributed by atoms with Crippen molar-refractivity contribution in [1.29, 1.82) is 0 Å². The number of aliphatic hydroxyl groups is 1. The molecule has 5 nitrogen and oxygen atoms in total. The Morgan fingerprint density at radius 3 is 2.32 bits per heavy atom. The standard InChI is InChI=1S/C22H22ClNO4/c1-4-13(2)20-17(15-8-6-5-7-9-15)10-16(23)11-18(20)21(27)14(3)22(28)24-12-19(25)26/h4-11,27H,12H2,1-3H3,(H,24,28)(H,25,26)/b13-4-,21-14-. The second-order valence-corrected chi connectivity index (χ2v) is 6.70. The molecule has 1 amide bonds. The van der Waals surface area contributed by atoms with Gasteiger partial charge in [0.1, 0.15) is 12.3 Å². The van der Waals surface area contributed by atoms with Crippen molar-refractivity contribution >= 4 is 34.8 Å². The summed E-state index contributed by atoms with van der Waals surface area (Å²) in [4.78, 5) is 22.9. The summed E-state index contributed by atoms with van der Waals surface area (Å²) in [5.74, 6) is -2.08. The molecule has 0 aromatic heterocycles. The van der Waals surface area contributed by atoms with Gasteiger partial charge >= 0.3 is 5.97 Å². The molecule has 2 aromatic carbocycles. The highest BCUT2D eigenvalue weighted by Crippen LogP contribution is 2.37. The van der Waals surface area contributed by atoms with E-state index in [0.717, 1.165) is 22.3 Å². The summed E-state index contributed by atoms with van der Waals surface area (Å²) in [5, 5.41) is 22.2. The van der Waals surface area contributed by atoms with Crippen LogP contribution in [-0.2, 0) is 9.59 Å². The molecular weight excluding hydrogens is 378 g/mol. The highest BCUT2D eigenvalue weighted by molar-refractivity contribution is 6.31. The van der Waals surface area contributed by atoms with E-state index in [1.807, 2.05) is 56.3 Å². The van der Waals surface area contributed by atoms with Gasteiger partial charge in [0.25, 0.3) is 5.91 Å². The Morgan fingerprint density at radius 1 is 1.11 bits per heavy atom. The van der Waals surface area contributed by atoms with Gasteiger partial charge in [-0.3, -0.25) is 9.59 Å². The minimum atomic E-state index is -1.17. The zero-order valence-corrected chi connectivity index (χ0v) is 16.7. The van der Waals surface area contributed by atoms with Crippen LogP contribution < -0.4 is 5.32 Å². The fourth-order valence-electron chi connectivity index (χ4n) is 2.81. The van der Waals surface area contributed by atoms with Crippen LogP contribution in [0.3, 0.4) is 0 Å². The number of allylic oxidation sites excluding steroid dienone is 2. The first-order valence-electron chi connectivity index (χ1n) is 8.68. The van der Waals surface area contributed by atoms with E-state index in [4.69, 9.17) is 16.7 Å². The summed E-state index contributed by atoms with van der Waals surface area (Å²) in [6, 6.07) is 13.0. The van der Waals surface area contributed by atoms with E-state index in [0.29, 0.717) is 10.6 Å². The lowest BCUT2D eigenvalue weighted by molar-refractivity contribution is -0.137. The normalized spacial score (nSPS) is 12.4. The van der Waals surface area contributed by atoms with E-state index in [9.17, 15) is 14.7 Å². The number of aliphatic carboxylic acids is 1. The van der Waals surface area contributed by atoms with E-state index >= 15 is 0 Å². The number of nitrogens with one attached hydrogen (secondary N) is 1. The number of hydrogen-bond donors (Lipinski definition) is 3. The molecule has 0 saturated carbocycles. The van der Waals surface area contributed by atoms with Crippen LogP contribution in [0.1, 0.15) is 31.9 Å². The number of carbonyl (C=O) groups is 2. The molecule has 2 aromatic rings. The molecular formula is C22H22ClNO4. The number of halogens is 1. The molecule has 0 atom stereocenters. The molecule has 3 N–H and O–H groups in total. The van der Waals surface area contributed by atoms with Crippen molar-refractivity contribution in [3.8, 4) is 11.1 Å². The minimum Gasteiger partial charge on any atom is -0.507 e. The van der Waals surface area contributed by atoms with Crippen LogP contribution in [-0.4, -0.2) is 28.6 Å². The van der Waals surface area contributed by atoms with Crippen molar-refractivity contribution in [3.63, 3.8) is 0 Å². The van der Waals surface area contributed by atoms with E-state index in [-0.39, 0.29) is 11.3 Å². The van der Waals surface area contributed by atoms with Crippen LogP contribution in [0, 0.1) is 0 Å². The third-order valence-corrected chi connectivity index (χ3v) is 4.58. The van der Waals surface area contributed by atoms with Crippen molar-refractivity contribution in [2.45, 2.75) is 20.8 Å². The Kier molecular flexibility index (Phi) is 7.01. The highest BCUT2D eigenvalue weighted by Gasteiger charge is 2.20. The zero-order valence-electron chi connectivity index (χ0n) is 15.9. The van der Waals surface area contributed by atoms with Gasteiger partial charge in [0.15, 0.2) is 0 Å². The van der Waals surface area contributed by atoms with E-state index < -0.39 is 18.4 Å². The van der Waals surface area contributed by atoms with Gasteiger partial charge in [-0.25, -0.2) is 0 Å². The number of amides is 1. The summed E-state index contributed by atoms with van der Waals surface area (Å²) in [6.07, 6.45) is 1.91. The maximum absolute atomic E-state index is 12.2. The minimum absolute atomic E-state index is 0.00711. The molecule has 0 bridgehead atoms. The molecule has 0 unspecified atom stereocenters. The SMILES string of the molecule is C/C=C(/C)c1c(/C(O)=C(\C)C(=O)NCC(=O)O)cc(Cl)cc1-c1ccccc1. The molecule has 2 rings (SSSR count). The second-order valence-electron chi connectivity index (χ2n) is 6.26. The monoisotopic (exact) mass is 399 g/mol. The van der Waals surface area contributed by atoms with Crippen LogP contribution >= 0.6 is 11.6 Å². The number of hydrogen-bond acceptors (Lipinski definition) is 3. The van der Waals surface area contributed by atoms with Crippen molar-refractivity contribution in [1.82, 2.24) is 5.32 Å². The molecule has 0 fully saturated rings. The number of rotatable bonds is 6. The van der Waals surface area contributed by atoms with Gasteiger partial charge in [-0.15, -0.1) is 0 Å². The average Bonchev–Trinajstić information content (AvgIpc) is 2.70. The van der Waals surface area contributed by atoms with Gasteiger partial charge in [0, 0.05) is 10.6 Å². The van der Waals surface area contributed by atoms with E-state index in [1.165, 1.54) is 6.92 Å². The number of carboxylic acids is 1. The van der Waals surface area contributed by atoms with Gasteiger partial charge in [0.05, 0.1) is 5.57 Å². The van der Waals surface area contributed by atoms with Gasteiger partial charge in [0.2, 0.25) is 0 Å². The number of benzene rings is 2. The molecule has 0 saturated heterocycles. The fourth-order valence-corrected chi connectivity index (χ4v) is 3.02. The quantitative estimate of drug-likeness (QED) is 0.475. The molecule has 0 aliphatic rings. The lowest BCUT2D eigenvalue weighted by atomic mass is 9.89. The largest absolute Gasteiger partial charge is 0.507 e. The molecule has 146 valence electrons.